The van der Waals surface area contributed by atoms with E-state index in [1.54, 1.807) is 31.2 Å². The third-order valence-electron chi connectivity index (χ3n) is 5.13. The van der Waals surface area contributed by atoms with Gasteiger partial charge in [0.1, 0.15) is 10.6 Å². The van der Waals surface area contributed by atoms with E-state index in [0.717, 1.165) is 23.2 Å². The Kier molecular flexibility index (Phi) is 6.85. The summed E-state index contributed by atoms with van der Waals surface area (Å²) in [5.74, 6) is -0.278. The molecule has 9 nitrogen and oxygen atoms in total. The summed E-state index contributed by atoms with van der Waals surface area (Å²) in [5.41, 5.74) is 2.04. The molecule has 0 unspecified atom stereocenters. The minimum atomic E-state index is -3.53. The largest absolute Gasteiger partial charge is 0.477 e. The fourth-order valence-corrected chi connectivity index (χ4v) is 5.32. The molecule has 2 N–H and O–H groups in total. The second-order valence-corrected chi connectivity index (χ2v) is 10.6. The lowest BCUT2D eigenvalue weighted by Gasteiger charge is -2.34. The van der Waals surface area contributed by atoms with E-state index in [-0.39, 0.29) is 28.4 Å². The second kappa shape index (κ2) is 9.82. The smallest absolute Gasteiger partial charge is 0.270 e. The summed E-state index contributed by atoms with van der Waals surface area (Å²) < 4.78 is 31.3. The fourth-order valence-electron chi connectivity index (χ4n) is 3.57. The van der Waals surface area contributed by atoms with Gasteiger partial charge in [0.15, 0.2) is 11.2 Å². The van der Waals surface area contributed by atoms with Crippen LogP contribution >= 0.6 is 11.3 Å². The Morgan fingerprint density at radius 3 is 2.59 bits per heavy atom. The Bertz CT molecular complexity index is 1310. The van der Waals surface area contributed by atoms with E-state index in [9.17, 15) is 18.0 Å². The van der Waals surface area contributed by atoms with Crippen LogP contribution in [0.25, 0.3) is 0 Å². The quantitative estimate of drug-likeness (QED) is 0.515. The number of benzene rings is 2. The maximum atomic E-state index is 13.5. The Morgan fingerprint density at radius 1 is 1.15 bits per heavy atom. The Hall–Kier alpha value is -3.44. The molecule has 0 fully saturated rings. The normalized spacial score (nSPS) is 15.2. The lowest BCUT2D eigenvalue weighted by molar-refractivity contribution is -0.127. The van der Waals surface area contributed by atoms with Crippen molar-refractivity contribution in [3.63, 3.8) is 0 Å². The van der Waals surface area contributed by atoms with Crippen molar-refractivity contribution >= 4 is 44.0 Å². The molecular weight excluding hydrogens is 476 g/mol. The van der Waals surface area contributed by atoms with Crippen LogP contribution in [-0.4, -0.2) is 50.7 Å². The van der Waals surface area contributed by atoms with Crippen molar-refractivity contribution in [2.24, 2.45) is 0 Å². The molecule has 2 amide bonds. The molecule has 1 aliphatic heterocycles. The number of nitrogens with one attached hydrogen (secondary N) is 2. The van der Waals surface area contributed by atoms with Crippen LogP contribution in [0.1, 0.15) is 20.9 Å². The Labute approximate surface area is 201 Å². The molecule has 0 bridgehead atoms. The van der Waals surface area contributed by atoms with Gasteiger partial charge in [0, 0.05) is 6.54 Å². The number of thiazole rings is 1. The lowest BCUT2D eigenvalue weighted by Crippen LogP contribution is -2.51. The van der Waals surface area contributed by atoms with E-state index in [1.807, 2.05) is 30.3 Å². The van der Waals surface area contributed by atoms with Crippen LogP contribution in [-0.2, 0) is 21.2 Å². The van der Waals surface area contributed by atoms with Crippen LogP contribution < -0.4 is 19.7 Å². The number of carbonyl (C=O) groups excluding carboxylic acids is 2. The van der Waals surface area contributed by atoms with Gasteiger partial charge in [0.2, 0.25) is 10.0 Å². The number of rotatable bonds is 7. The first-order valence-electron chi connectivity index (χ1n) is 10.6. The highest BCUT2D eigenvalue weighted by Crippen LogP contribution is 2.35. The third-order valence-corrected chi connectivity index (χ3v) is 6.88. The summed E-state index contributed by atoms with van der Waals surface area (Å²) in [7, 11) is -3.53. The van der Waals surface area contributed by atoms with Crippen LogP contribution in [0.15, 0.2) is 54.6 Å². The summed E-state index contributed by atoms with van der Waals surface area (Å²) in [5, 5.41) is 3.00. The second-order valence-electron chi connectivity index (χ2n) is 7.82. The van der Waals surface area contributed by atoms with E-state index < -0.39 is 16.1 Å². The Morgan fingerprint density at radius 2 is 1.85 bits per heavy atom. The molecular formula is C23H24N4O5S2. The number of aryl methyl sites for hydroxylation is 1. The standard InChI is InChI=1S/C23H24N4O5S2/c1-15-20(33-23(25-15)26-34(2,30)31)22(29)27-14-19(32-18-11-7-6-10-17(18)27)21(28)24-13-12-16-8-4-3-5-9-16/h3-11,19H,12-14H2,1-2H3,(H,24,28)(H,25,26)/t19-/m0/s1. The predicted molar refractivity (Wildman–Crippen MR) is 131 cm³/mol. The molecule has 4 rings (SSSR count). The summed E-state index contributed by atoms with van der Waals surface area (Å²) >= 11 is 0.950. The van der Waals surface area contributed by atoms with E-state index in [4.69, 9.17) is 4.74 Å². The molecule has 0 saturated carbocycles. The van der Waals surface area contributed by atoms with E-state index in [0.29, 0.717) is 30.1 Å². The number of fused-ring (bicyclic) bond motifs is 1. The van der Waals surface area contributed by atoms with Gasteiger partial charge < -0.3 is 10.1 Å². The average molecular weight is 501 g/mol. The molecule has 3 aromatic rings. The molecule has 2 heterocycles. The van der Waals surface area contributed by atoms with Crippen molar-refractivity contribution in [2.45, 2.75) is 19.4 Å². The van der Waals surface area contributed by atoms with Crippen molar-refractivity contribution < 1.29 is 22.7 Å². The number of nitrogens with zero attached hydrogens (tertiary/aromatic N) is 2. The van der Waals surface area contributed by atoms with Gasteiger partial charge in [-0.15, -0.1) is 0 Å². The number of aromatic nitrogens is 1. The molecule has 0 saturated heterocycles. The molecule has 34 heavy (non-hydrogen) atoms. The van der Waals surface area contributed by atoms with Crippen molar-refractivity contribution in [3.8, 4) is 5.75 Å². The highest BCUT2D eigenvalue weighted by atomic mass is 32.2. The number of carbonyl (C=O) groups is 2. The van der Waals surface area contributed by atoms with Crippen molar-refractivity contribution in [1.29, 1.82) is 0 Å². The first kappa shape index (κ1) is 23.7. The van der Waals surface area contributed by atoms with Gasteiger partial charge in [-0.1, -0.05) is 53.8 Å². The van der Waals surface area contributed by atoms with Crippen molar-refractivity contribution in [2.75, 3.05) is 29.0 Å². The zero-order valence-corrected chi connectivity index (χ0v) is 20.3. The van der Waals surface area contributed by atoms with Crippen LogP contribution in [0, 0.1) is 6.92 Å². The highest BCUT2D eigenvalue weighted by Gasteiger charge is 2.35. The number of anilines is 2. The zero-order valence-electron chi connectivity index (χ0n) is 18.6. The van der Waals surface area contributed by atoms with E-state index >= 15 is 0 Å². The van der Waals surface area contributed by atoms with Crippen LogP contribution in [0.3, 0.4) is 0 Å². The fraction of sp³-hybridized carbons (Fsp3) is 0.261. The number of para-hydroxylation sites is 2. The first-order chi connectivity index (χ1) is 16.2. The number of hydrogen-bond acceptors (Lipinski definition) is 7. The van der Waals surface area contributed by atoms with Gasteiger partial charge in [-0.05, 0) is 31.0 Å². The molecule has 2 aromatic carbocycles. The highest BCUT2D eigenvalue weighted by molar-refractivity contribution is 7.92. The SMILES string of the molecule is Cc1nc(NS(C)(=O)=O)sc1C(=O)N1C[C@@H](C(=O)NCCc2ccccc2)Oc2ccccc21. The molecule has 0 spiro atoms. The van der Waals surface area contributed by atoms with Gasteiger partial charge in [-0.3, -0.25) is 19.2 Å². The van der Waals surface area contributed by atoms with Gasteiger partial charge in [-0.2, -0.15) is 0 Å². The van der Waals surface area contributed by atoms with Crippen LogP contribution in [0.4, 0.5) is 10.8 Å². The maximum Gasteiger partial charge on any atom is 0.270 e. The van der Waals surface area contributed by atoms with Crippen LogP contribution in [0.5, 0.6) is 5.75 Å². The third kappa shape index (κ3) is 5.54. The van der Waals surface area contributed by atoms with Crippen molar-refractivity contribution in [1.82, 2.24) is 10.3 Å². The molecule has 178 valence electrons. The number of hydrogen-bond donors (Lipinski definition) is 2. The lowest BCUT2D eigenvalue weighted by atomic mass is 10.1. The Balaban J connectivity index is 1.52. The molecule has 0 aliphatic carbocycles. The monoisotopic (exact) mass is 500 g/mol. The summed E-state index contributed by atoms with van der Waals surface area (Å²) in [6.45, 7) is 2.09. The average Bonchev–Trinajstić information content (AvgIpc) is 3.16. The summed E-state index contributed by atoms with van der Waals surface area (Å²) in [6.07, 6.45) is 0.801. The first-order valence-corrected chi connectivity index (χ1v) is 13.3. The minimum Gasteiger partial charge on any atom is -0.477 e. The molecule has 1 atom stereocenters. The molecule has 1 aromatic heterocycles. The van der Waals surface area contributed by atoms with Crippen molar-refractivity contribution in [3.05, 3.63) is 70.7 Å². The molecule has 1 aliphatic rings. The van der Waals surface area contributed by atoms with Gasteiger partial charge in [-0.25, -0.2) is 13.4 Å². The number of ether oxygens (including phenoxy) is 1. The van der Waals surface area contributed by atoms with Gasteiger partial charge in [0.05, 0.1) is 24.2 Å². The molecule has 0 radical (unpaired) electrons. The zero-order chi connectivity index (χ0) is 24.3. The van der Waals surface area contributed by atoms with Crippen LogP contribution in [0.2, 0.25) is 0 Å². The summed E-state index contributed by atoms with van der Waals surface area (Å²) in [4.78, 5) is 32.3. The van der Waals surface area contributed by atoms with Gasteiger partial charge in [0.25, 0.3) is 11.8 Å². The number of sulfonamides is 1. The number of amides is 2. The topological polar surface area (TPSA) is 118 Å². The predicted octanol–water partition coefficient (Wildman–Crippen LogP) is 2.59. The molecule has 11 heteroatoms. The summed E-state index contributed by atoms with van der Waals surface area (Å²) in [6, 6.07) is 16.8. The van der Waals surface area contributed by atoms with E-state index in [2.05, 4.69) is 15.0 Å². The van der Waals surface area contributed by atoms with E-state index in [1.165, 1.54) is 4.90 Å². The minimum absolute atomic E-state index is 0.0131. The van der Waals surface area contributed by atoms with Gasteiger partial charge >= 0.3 is 0 Å². The maximum absolute atomic E-state index is 13.5.